The highest BCUT2D eigenvalue weighted by Gasteiger charge is 2.29. The van der Waals surface area contributed by atoms with E-state index in [1.807, 2.05) is 0 Å². The zero-order chi connectivity index (χ0) is 24.8. The SMILES string of the molecule is CC(NC(=O)C(CCCN=C(N)N)NC(=O)C1CCCN1)C(=O)NC(CCCCN)C(=O)O. The van der Waals surface area contributed by atoms with Gasteiger partial charge in [-0.05, 0) is 65.0 Å². The van der Waals surface area contributed by atoms with Gasteiger partial charge in [-0.3, -0.25) is 19.4 Å². The highest BCUT2D eigenvalue weighted by atomic mass is 16.4. The molecule has 1 aliphatic heterocycles. The predicted octanol–water partition coefficient (Wildman–Crippen LogP) is -2.52. The molecular weight excluding hydrogens is 432 g/mol. The van der Waals surface area contributed by atoms with Crippen LogP contribution in [0.5, 0.6) is 0 Å². The molecule has 33 heavy (non-hydrogen) atoms. The first-order chi connectivity index (χ1) is 15.6. The average Bonchev–Trinajstić information content (AvgIpc) is 3.29. The summed E-state index contributed by atoms with van der Waals surface area (Å²) in [6.45, 7) is 2.89. The summed E-state index contributed by atoms with van der Waals surface area (Å²) in [4.78, 5) is 53.1. The van der Waals surface area contributed by atoms with E-state index in [0.717, 1.165) is 13.0 Å². The van der Waals surface area contributed by atoms with Crippen LogP contribution >= 0.6 is 0 Å². The summed E-state index contributed by atoms with van der Waals surface area (Å²) < 4.78 is 0. The van der Waals surface area contributed by atoms with Crippen LogP contribution in [0, 0.1) is 0 Å². The molecule has 11 N–H and O–H groups in total. The summed E-state index contributed by atoms with van der Waals surface area (Å²) >= 11 is 0. The fourth-order valence-electron chi connectivity index (χ4n) is 3.38. The van der Waals surface area contributed by atoms with Crippen molar-refractivity contribution >= 4 is 29.7 Å². The molecule has 13 heteroatoms. The van der Waals surface area contributed by atoms with Gasteiger partial charge in [0.2, 0.25) is 17.7 Å². The van der Waals surface area contributed by atoms with Crippen molar-refractivity contribution in [2.45, 2.75) is 76.0 Å². The van der Waals surface area contributed by atoms with E-state index >= 15 is 0 Å². The van der Waals surface area contributed by atoms with E-state index in [2.05, 4.69) is 26.3 Å². The summed E-state index contributed by atoms with van der Waals surface area (Å²) in [7, 11) is 0. The van der Waals surface area contributed by atoms with Gasteiger partial charge in [0, 0.05) is 6.54 Å². The standard InChI is InChI=1S/C20H38N8O5/c1-12(16(29)28-15(19(32)33)6-2-3-9-21)26-18(31)14(8-5-11-25-20(22)23)27-17(30)13-7-4-10-24-13/h12-15,24H,2-11,21H2,1H3,(H,26,31)(H,27,30)(H,28,29)(H,32,33)(H4,22,23,25). The van der Waals surface area contributed by atoms with Crippen LogP contribution in [0.15, 0.2) is 4.99 Å². The van der Waals surface area contributed by atoms with Crippen LogP contribution in [0.25, 0.3) is 0 Å². The number of guanidine groups is 1. The molecule has 0 bridgehead atoms. The molecule has 13 nitrogen and oxygen atoms in total. The van der Waals surface area contributed by atoms with E-state index in [-0.39, 0.29) is 37.3 Å². The number of rotatable bonds is 15. The summed E-state index contributed by atoms with van der Waals surface area (Å²) in [5.74, 6) is -2.71. The number of carbonyl (C=O) groups excluding carboxylic acids is 3. The second-order valence-electron chi connectivity index (χ2n) is 8.07. The van der Waals surface area contributed by atoms with E-state index < -0.39 is 35.9 Å². The van der Waals surface area contributed by atoms with Gasteiger partial charge in [-0.15, -0.1) is 0 Å². The summed E-state index contributed by atoms with van der Waals surface area (Å²) in [5.41, 5.74) is 16.0. The molecule has 3 amide bonds. The Morgan fingerprint density at radius 3 is 2.30 bits per heavy atom. The molecule has 1 fully saturated rings. The monoisotopic (exact) mass is 470 g/mol. The van der Waals surface area contributed by atoms with E-state index in [1.54, 1.807) is 0 Å². The summed E-state index contributed by atoms with van der Waals surface area (Å²) in [6.07, 6.45) is 3.65. The van der Waals surface area contributed by atoms with Crippen molar-refractivity contribution in [2.24, 2.45) is 22.2 Å². The first kappa shape index (κ1) is 28.1. The molecule has 0 radical (unpaired) electrons. The quantitative estimate of drug-likeness (QED) is 0.0716. The van der Waals surface area contributed by atoms with Gasteiger partial charge in [-0.25, -0.2) is 4.79 Å². The van der Waals surface area contributed by atoms with Crippen LogP contribution in [0.4, 0.5) is 0 Å². The van der Waals surface area contributed by atoms with Crippen molar-refractivity contribution in [1.82, 2.24) is 21.3 Å². The Bertz CT molecular complexity index is 692. The number of hydrogen-bond donors (Lipinski definition) is 8. The lowest BCUT2D eigenvalue weighted by molar-refractivity contribution is -0.142. The van der Waals surface area contributed by atoms with E-state index in [9.17, 15) is 24.3 Å². The molecule has 1 aliphatic rings. The first-order valence-corrected chi connectivity index (χ1v) is 11.3. The van der Waals surface area contributed by atoms with Crippen molar-refractivity contribution in [3.8, 4) is 0 Å². The molecule has 0 aromatic rings. The predicted molar refractivity (Wildman–Crippen MR) is 123 cm³/mol. The van der Waals surface area contributed by atoms with E-state index in [0.29, 0.717) is 32.2 Å². The number of carboxylic acid groups (broad SMARTS) is 1. The van der Waals surface area contributed by atoms with Crippen LogP contribution in [0.2, 0.25) is 0 Å². The Hall–Kier alpha value is -2.93. The Kier molecular flexibility index (Phi) is 12.8. The molecule has 0 aliphatic carbocycles. The summed E-state index contributed by atoms with van der Waals surface area (Å²) in [6, 6.07) is -3.35. The highest BCUT2D eigenvalue weighted by molar-refractivity contribution is 5.94. The fourth-order valence-corrected chi connectivity index (χ4v) is 3.38. The number of carboxylic acids is 1. The maximum atomic E-state index is 12.8. The van der Waals surface area contributed by atoms with Gasteiger partial charge >= 0.3 is 5.97 Å². The Morgan fingerprint density at radius 2 is 1.73 bits per heavy atom. The Labute approximate surface area is 193 Å². The number of unbranched alkanes of at least 4 members (excludes halogenated alkanes) is 1. The summed E-state index contributed by atoms with van der Waals surface area (Å²) in [5, 5.41) is 20.1. The van der Waals surface area contributed by atoms with Crippen molar-refractivity contribution in [3.05, 3.63) is 0 Å². The second-order valence-corrected chi connectivity index (χ2v) is 8.07. The second kappa shape index (κ2) is 15.0. The lowest BCUT2D eigenvalue weighted by atomic mass is 10.1. The highest BCUT2D eigenvalue weighted by Crippen LogP contribution is 2.07. The van der Waals surface area contributed by atoms with Crippen LogP contribution in [0.1, 0.15) is 51.9 Å². The minimum absolute atomic E-state index is 0.0695. The van der Waals surface area contributed by atoms with Crippen LogP contribution in [0.3, 0.4) is 0 Å². The molecule has 188 valence electrons. The molecule has 1 heterocycles. The van der Waals surface area contributed by atoms with Crippen molar-refractivity contribution < 1.29 is 24.3 Å². The third kappa shape index (κ3) is 11.0. The van der Waals surface area contributed by atoms with Crippen molar-refractivity contribution in [2.75, 3.05) is 19.6 Å². The van der Waals surface area contributed by atoms with Crippen LogP contribution in [-0.4, -0.2) is 78.6 Å². The Balaban J connectivity index is 2.70. The van der Waals surface area contributed by atoms with Crippen molar-refractivity contribution in [1.29, 1.82) is 0 Å². The normalized spacial score (nSPS) is 17.9. The number of hydrogen-bond acceptors (Lipinski definition) is 7. The number of nitrogens with zero attached hydrogens (tertiary/aromatic N) is 1. The maximum absolute atomic E-state index is 12.8. The maximum Gasteiger partial charge on any atom is 0.326 e. The number of amides is 3. The minimum atomic E-state index is -1.16. The molecular formula is C20H38N8O5. The average molecular weight is 471 g/mol. The lowest BCUT2D eigenvalue weighted by Crippen LogP contribution is -2.56. The molecule has 1 saturated heterocycles. The first-order valence-electron chi connectivity index (χ1n) is 11.3. The molecule has 1 rings (SSSR count). The molecule has 0 saturated carbocycles. The zero-order valence-electron chi connectivity index (χ0n) is 19.1. The Morgan fingerprint density at radius 1 is 1.03 bits per heavy atom. The van der Waals surface area contributed by atoms with Crippen LogP contribution in [-0.2, 0) is 19.2 Å². The van der Waals surface area contributed by atoms with Gasteiger partial charge in [0.1, 0.15) is 18.1 Å². The molecule has 0 spiro atoms. The minimum Gasteiger partial charge on any atom is -0.480 e. The molecule has 0 aromatic carbocycles. The molecule has 4 atom stereocenters. The lowest BCUT2D eigenvalue weighted by Gasteiger charge is -2.23. The topological polar surface area (TPSA) is 227 Å². The van der Waals surface area contributed by atoms with E-state index in [1.165, 1.54) is 6.92 Å². The largest absolute Gasteiger partial charge is 0.480 e. The number of nitrogens with two attached hydrogens (primary N) is 3. The van der Waals surface area contributed by atoms with Gasteiger partial charge < -0.3 is 43.6 Å². The third-order valence-electron chi connectivity index (χ3n) is 5.27. The zero-order valence-corrected chi connectivity index (χ0v) is 19.1. The van der Waals surface area contributed by atoms with Gasteiger partial charge in [0.05, 0.1) is 6.04 Å². The number of nitrogens with one attached hydrogen (secondary N) is 4. The van der Waals surface area contributed by atoms with Gasteiger partial charge in [0.15, 0.2) is 5.96 Å². The van der Waals surface area contributed by atoms with Gasteiger partial charge in [0.25, 0.3) is 0 Å². The van der Waals surface area contributed by atoms with E-state index in [4.69, 9.17) is 17.2 Å². The smallest absolute Gasteiger partial charge is 0.326 e. The molecule has 4 unspecified atom stereocenters. The number of aliphatic carboxylic acids is 1. The number of carbonyl (C=O) groups is 4. The van der Waals surface area contributed by atoms with Crippen molar-refractivity contribution in [3.63, 3.8) is 0 Å². The van der Waals surface area contributed by atoms with Crippen LogP contribution < -0.4 is 38.5 Å². The van der Waals surface area contributed by atoms with Gasteiger partial charge in [-0.1, -0.05) is 0 Å². The van der Waals surface area contributed by atoms with Gasteiger partial charge in [-0.2, -0.15) is 0 Å². The number of aliphatic imine (C=N–C) groups is 1. The third-order valence-corrected chi connectivity index (χ3v) is 5.27. The molecule has 0 aromatic heterocycles. The fraction of sp³-hybridized carbons (Fsp3) is 0.750.